The van der Waals surface area contributed by atoms with Crippen molar-refractivity contribution in [3.8, 4) is 0 Å². The van der Waals surface area contributed by atoms with E-state index in [9.17, 15) is 8.78 Å². The second kappa shape index (κ2) is 5.41. The summed E-state index contributed by atoms with van der Waals surface area (Å²) in [6.45, 7) is 2.40. The van der Waals surface area contributed by atoms with Gasteiger partial charge in [0.05, 0.1) is 11.1 Å². The van der Waals surface area contributed by atoms with E-state index in [1.807, 2.05) is 6.92 Å². The van der Waals surface area contributed by atoms with Crippen LogP contribution in [-0.4, -0.2) is 22.8 Å². The Labute approximate surface area is 89.2 Å². The highest BCUT2D eigenvalue weighted by molar-refractivity contribution is 9.10. The van der Waals surface area contributed by atoms with Gasteiger partial charge < -0.3 is 4.74 Å². The standard InChI is InChI=1S/C8H11BrF2N2O/c1-2-14-5-7-6(9)3-13(12-7)4-8(10)11/h3,8H,2,4-5H2,1H3. The summed E-state index contributed by atoms with van der Waals surface area (Å²) in [7, 11) is 0. The molecule has 0 saturated carbocycles. The number of alkyl halides is 2. The van der Waals surface area contributed by atoms with E-state index in [-0.39, 0.29) is 6.54 Å². The maximum Gasteiger partial charge on any atom is 0.257 e. The van der Waals surface area contributed by atoms with E-state index in [1.165, 1.54) is 10.9 Å². The summed E-state index contributed by atoms with van der Waals surface area (Å²) in [5.74, 6) is 0. The molecular formula is C8H11BrF2N2O. The molecular weight excluding hydrogens is 258 g/mol. The summed E-state index contributed by atoms with van der Waals surface area (Å²) in [5, 5.41) is 3.95. The van der Waals surface area contributed by atoms with Crippen molar-refractivity contribution in [1.29, 1.82) is 0 Å². The van der Waals surface area contributed by atoms with Gasteiger partial charge in [-0.2, -0.15) is 5.10 Å². The molecule has 1 aromatic heterocycles. The zero-order valence-corrected chi connectivity index (χ0v) is 9.30. The van der Waals surface area contributed by atoms with E-state index in [2.05, 4.69) is 21.0 Å². The quantitative estimate of drug-likeness (QED) is 0.821. The number of halogens is 3. The zero-order valence-electron chi connectivity index (χ0n) is 7.71. The topological polar surface area (TPSA) is 27.1 Å². The Balaban J connectivity index is 2.62. The fraction of sp³-hybridized carbons (Fsp3) is 0.625. The highest BCUT2D eigenvalue weighted by Crippen LogP contribution is 2.16. The lowest BCUT2D eigenvalue weighted by atomic mass is 10.5. The molecule has 0 unspecified atom stereocenters. The van der Waals surface area contributed by atoms with Gasteiger partial charge in [0, 0.05) is 12.8 Å². The predicted octanol–water partition coefficient (Wildman–Crippen LogP) is 2.45. The Kier molecular flexibility index (Phi) is 4.47. The summed E-state index contributed by atoms with van der Waals surface area (Å²) in [5.41, 5.74) is 0.646. The zero-order chi connectivity index (χ0) is 10.6. The van der Waals surface area contributed by atoms with Crippen LogP contribution in [0.1, 0.15) is 12.6 Å². The van der Waals surface area contributed by atoms with Gasteiger partial charge in [-0.3, -0.25) is 4.68 Å². The smallest absolute Gasteiger partial charge is 0.257 e. The molecule has 0 fully saturated rings. The van der Waals surface area contributed by atoms with Crippen LogP contribution in [0, 0.1) is 0 Å². The molecule has 0 aromatic carbocycles. The summed E-state index contributed by atoms with van der Waals surface area (Å²) in [4.78, 5) is 0. The van der Waals surface area contributed by atoms with Gasteiger partial charge in [0.15, 0.2) is 0 Å². The van der Waals surface area contributed by atoms with Crippen LogP contribution >= 0.6 is 15.9 Å². The third kappa shape index (κ3) is 3.34. The third-order valence-electron chi connectivity index (χ3n) is 1.56. The SMILES string of the molecule is CCOCc1nn(CC(F)F)cc1Br. The fourth-order valence-corrected chi connectivity index (χ4v) is 1.40. The van der Waals surface area contributed by atoms with Crippen LogP contribution in [0.3, 0.4) is 0 Å². The highest BCUT2D eigenvalue weighted by atomic mass is 79.9. The molecule has 1 heterocycles. The molecule has 0 aliphatic heterocycles. The number of nitrogens with zero attached hydrogens (tertiary/aromatic N) is 2. The molecule has 0 aliphatic rings. The summed E-state index contributed by atoms with van der Waals surface area (Å²) >= 11 is 3.23. The van der Waals surface area contributed by atoms with Crippen LogP contribution in [0.5, 0.6) is 0 Å². The summed E-state index contributed by atoms with van der Waals surface area (Å²) in [6.07, 6.45) is -0.859. The molecule has 1 rings (SSSR count). The number of hydrogen-bond acceptors (Lipinski definition) is 2. The maximum absolute atomic E-state index is 12.0. The van der Waals surface area contributed by atoms with Crippen molar-refractivity contribution in [2.75, 3.05) is 6.61 Å². The molecule has 0 atom stereocenters. The number of ether oxygens (including phenoxy) is 1. The van der Waals surface area contributed by atoms with Crippen LogP contribution < -0.4 is 0 Å². The predicted molar refractivity (Wildman–Crippen MR) is 51.3 cm³/mol. The summed E-state index contributed by atoms with van der Waals surface area (Å²) in [6, 6.07) is 0. The van der Waals surface area contributed by atoms with Gasteiger partial charge in [-0.05, 0) is 22.9 Å². The number of rotatable bonds is 5. The second-order valence-corrected chi connectivity index (χ2v) is 3.53. The first kappa shape index (κ1) is 11.6. The van der Waals surface area contributed by atoms with Crippen molar-refractivity contribution in [1.82, 2.24) is 9.78 Å². The molecule has 1 aromatic rings. The molecule has 0 N–H and O–H groups in total. The van der Waals surface area contributed by atoms with E-state index in [1.54, 1.807) is 0 Å². The monoisotopic (exact) mass is 268 g/mol. The molecule has 3 nitrogen and oxygen atoms in total. The van der Waals surface area contributed by atoms with Crippen LogP contribution in [0.4, 0.5) is 8.78 Å². The minimum atomic E-state index is -2.39. The molecule has 0 saturated heterocycles. The van der Waals surface area contributed by atoms with Gasteiger partial charge in [-0.25, -0.2) is 8.78 Å². The van der Waals surface area contributed by atoms with E-state index >= 15 is 0 Å². The van der Waals surface area contributed by atoms with E-state index in [0.717, 1.165) is 0 Å². The number of hydrogen-bond donors (Lipinski definition) is 0. The Bertz CT molecular complexity index is 291. The average Bonchev–Trinajstić information content (AvgIpc) is 2.41. The lowest BCUT2D eigenvalue weighted by Crippen LogP contribution is -2.07. The maximum atomic E-state index is 12.0. The van der Waals surface area contributed by atoms with Gasteiger partial charge in [0.2, 0.25) is 0 Å². The van der Waals surface area contributed by atoms with Crippen LogP contribution in [0.2, 0.25) is 0 Å². The molecule has 0 amide bonds. The van der Waals surface area contributed by atoms with Crippen molar-refractivity contribution < 1.29 is 13.5 Å². The number of aromatic nitrogens is 2. The van der Waals surface area contributed by atoms with Crippen molar-refractivity contribution in [3.63, 3.8) is 0 Å². The highest BCUT2D eigenvalue weighted by Gasteiger charge is 2.09. The Morgan fingerprint density at radius 2 is 2.36 bits per heavy atom. The van der Waals surface area contributed by atoms with Gasteiger partial charge in [0.25, 0.3) is 6.43 Å². The Morgan fingerprint density at radius 1 is 1.64 bits per heavy atom. The molecule has 0 aliphatic carbocycles. The van der Waals surface area contributed by atoms with Gasteiger partial charge in [-0.1, -0.05) is 0 Å². The second-order valence-electron chi connectivity index (χ2n) is 2.67. The lowest BCUT2D eigenvalue weighted by molar-refractivity contribution is 0.117. The summed E-state index contributed by atoms with van der Waals surface area (Å²) < 4.78 is 31.0. The van der Waals surface area contributed by atoms with Gasteiger partial charge in [-0.15, -0.1) is 0 Å². The molecule has 0 radical (unpaired) electrons. The van der Waals surface area contributed by atoms with Crippen molar-refractivity contribution >= 4 is 15.9 Å². The Morgan fingerprint density at radius 3 is 2.93 bits per heavy atom. The molecule has 0 spiro atoms. The molecule has 80 valence electrons. The average molecular weight is 269 g/mol. The van der Waals surface area contributed by atoms with Crippen molar-refractivity contribution in [2.24, 2.45) is 0 Å². The third-order valence-corrected chi connectivity index (χ3v) is 2.22. The van der Waals surface area contributed by atoms with Crippen molar-refractivity contribution in [2.45, 2.75) is 26.5 Å². The largest absolute Gasteiger partial charge is 0.375 e. The van der Waals surface area contributed by atoms with Crippen LogP contribution in [0.25, 0.3) is 0 Å². The molecule has 6 heteroatoms. The first-order valence-corrected chi connectivity index (χ1v) is 5.00. The minimum Gasteiger partial charge on any atom is -0.375 e. The van der Waals surface area contributed by atoms with Gasteiger partial charge in [0.1, 0.15) is 12.2 Å². The first-order chi connectivity index (χ1) is 6.63. The van der Waals surface area contributed by atoms with Crippen LogP contribution in [0.15, 0.2) is 10.7 Å². The molecule has 14 heavy (non-hydrogen) atoms. The van der Waals surface area contributed by atoms with Crippen molar-refractivity contribution in [3.05, 3.63) is 16.4 Å². The van der Waals surface area contributed by atoms with E-state index < -0.39 is 6.43 Å². The fourth-order valence-electron chi connectivity index (χ4n) is 0.969. The van der Waals surface area contributed by atoms with Gasteiger partial charge >= 0.3 is 0 Å². The van der Waals surface area contributed by atoms with Crippen LogP contribution in [-0.2, 0) is 17.9 Å². The van der Waals surface area contributed by atoms with E-state index in [0.29, 0.717) is 23.4 Å². The Hall–Kier alpha value is -0.490. The molecule has 0 bridgehead atoms. The normalized spacial score (nSPS) is 11.2. The van der Waals surface area contributed by atoms with E-state index in [4.69, 9.17) is 4.74 Å². The lowest BCUT2D eigenvalue weighted by Gasteiger charge is -1.99. The minimum absolute atomic E-state index is 0.341. The first-order valence-electron chi connectivity index (χ1n) is 4.21.